The molecule has 5 nitrogen and oxygen atoms in total. The molecule has 0 aromatic heterocycles. The van der Waals surface area contributed by atoms with Crippen molar-refractivity contribution < 1.29 is 10.0 Å². The highest BCUT2D eigenvalue weighted by Crippen LogP contribution is 2.17. The molecule has 1 aromatic carbocycles. The molecule has 0 amide bonds. The molecule has 1 aromatic rings. The van der Waals surface area contributed by atoms with E-state index in [9.17, 15) is 10.1 Å². The van der Waals surface area contributed by atoms with Crippen LogP contribution in [0, 0.1) is 28.1 Å². The van der Waals surface area contributed by atoms with Gasteiger partial charge in [0.2, 0.25) is 0 Å². The van der Waals surface area contributed by atoms with Gasteiger partial charge in [-0.1, -0.05) is 0 Å². The normalized spacial score (nSPS) is 9.23. The van der Waals surface area contributed by atoms with E-state index in [1.54, 1.807) is 6.07 Å². The number of benzene rings is 1. The number of nitrogens with zero attached hydrogens (tertiary/aromatic N) is 2. The zero-order valence-electron chi connectivity index (χ0n) is 6.47. The van der Waals surface area contributed by atoms with Crippen LogP contribution in [-0.4, -0.2) is 10.0 Å². The van der Waals surface area contributed by atoms with Crippen LogP contribution in [0.3, 0.4) is 0 Å². The standard InChI is InChI=1S/C8H5N2O3/c9-4-6-1-7(5-11)3-8(2-6)10(12)13/h1-3,5,11H. The fraction of sp³-hybridized carbons (Fsp3) is 0. The van der Waals surface area contributed by atoms with Crippen molar-refractivity contribution in [3.8, 4) is 6.07 Å². The Morgan fingerprint density at radius 2 is 2.23 bits per heavy atom. The summed E-state index contributed by atoms with van der Waals surface area (Å²) < 4.78 is 0. The van der Waals surface area contributed by atoms with Crippen molar-refractivity contribution in [2.75, 3.05) is 0 Å². The van der Waals surface area contributed by atoms with E-state index >= 15 is 0 Å². The van der Waals surface area contributed by atoms with Gasteiger partial charge in [0.25, 0.3) is 5.69 Å². The Hall–Kier alpha value is -1.93. The van der Waals surface area contributed by atoms with Crippen LogP contribution in [0.25, 0.3) is 0 Å². The predicted octanol–water partition coefficient (Wildman–Crippen LogP) is 1.35. The second-order valence-electron chi connectivity index (χ2n) is 2.31. The van der Waals surface area contributed by atoms with E-state index < -0.39 is 4.92 Å². The molecule has 0 heterocycles. The van der Waals surface area contributed by atoms with Crippen LogP contribution in [0.15, 0.2) is 18.2 Å². The molecule has 13 heavy (non-hydrogen) atoms. The molecular weight excluding hydrogens is 172 g/mol. The first-order chi connectivity index (χ1) is 6.17. The van der Waals surface area contributed by atoms with Crippen LogP contribution in [0.1, 0.15) is 11.1 Å². The fourth-order valence-corrected chi connectivity index (χ4v) is 0.879. The number of aliphatic hydroxyl groups is 1. The Balaban J connectivity index is 3.24. The Labute approximate surface area is 74.0 Å². The molecule has 0 unspecified atom stereocenters. The lowest BCUT2D eigenvalue weighted by molar-refractivity contribution is -0.384. The van der Waals surface area contributed by atoms with Gasteiger partial charge in [-0.3, -0.25) is 10.1 Å². The second-order valence-corrected chi connectivity index (χ2v) is 2.31. The molecule has 0 spiro atoms. The summed E-state index contributed by atoms with van der Waals surface area (Å²) in [5, 5.41) is 27.4. The topological polar surface area (TPSA) is 87.2 Å². The molecule has 65 valence electrons. The Morgan fingerprint density at radius 3 is 2.69 bits per heavy atom. The zero-order chi connectivity index (χ0) is 9.84. The summed E-state index contributed by atoms with van der Waals surface area (Å²) in [4.78, 5) is 9.72. The van der Waals surface area contributed by atoms with Gasteiger partial charge in [-0.05, 0) is 11.6 Å². The molecule has 0 saturated carbocycles. The minimum atomic E-state index is -0.617. The Kier molecular flexibility index (Phi) is 2.57. The Morgan fingerprint density at radius 1 is 1.54 bits per heavy atom. The predicted molar refractivity (Wildman–Crippen MR) is 43.1 cm³/mol. The highest BCUT2D eigenvalue weighted by Gasteiger charge is 2.08. The number of nitro benzene ring substituents is 1. The molecule has 0 atom stereocenters. The summed E-state index contributed by atoms with van der Waals surface area (Å²) in [6.07, 6.45) is 0. The fourth-order valence-electron chi connectivity index (χ4n) is 0.879. The maximum Gasteiger partial charge on any atom is 0.271 e. The largest absolute Gasteiger partial charge is 0.385 e. The van der Waals surface area contributed by atoms with Crippen molar-refractivity contribution in [3.05, 3.63) is 46.0 Å². The number of aliphatic hydroxyl groups excluding tert-OH is 1. The average molecular weight is 177 g/mol. The third kappa shape index (κ3) is 2.01. The lowest BCUT2D eigenvalue weighted by atomic mass is 10.1. The van der Waals surface area contributed by atoms with Crippen LogP contribution in [0.2, 0.25) is 0 Å². The van der Waals surface area contributed by atoms with Crippen molar-refractivity contribution in [1.29, 1.82) is 5.26 Å². The third-order valence-electron chi connectivity index (χ3n) is 1.43. The van der Waals surface area contributed by atoms with Gasteiger partial charge in [-0.25, -0.2) is 0 Å². The first-order valence-corrected chi connectivity index (χ1v) is 3.34. The van der Waals surface area contributed by atoms with Gasteiger partial charge in [0.15, 0.2) is 0 Å². The van der Waals surface area contributed by atoms with E-state index in [2.05, 4.69) is 0 Å². The van der Waals surface area contributed by atoms with Crippen molar-refractivity contribution in [2.24, 2.45) is 0 Å². The van der Waals surface area contributed by atoms with Gasteiger partial charge in [0.05, 0.1) is 16.6 Å². The van der Waals surface area contributed by atoms with Gasteiger partial charge in [-0.15, -0.1) is 0 Å². The highest BCUT2D eigenvalue weighted by atomic mass is 16.6. The molecule has 0 fully saturated rings. The second kappa shape index (κ2) is 3.65. The lowest BCUT2D eigenvalue weighted by Gasteiger charge is -1.96. The first kappa shape index (κ1) is 9.16. The SMILES string of the molecule is N#Cc1cc([CH]O)cc([N+](=O)[O-])c1. The van der Waals surface area contributed by atoms with Crippen molar-refractivity contribution in [3.63, 3.8) is 0 Å². The van der Waals surface area contributed by atoms with Gasteiger partial charge < -0.3 is 5.11 Å². The maximum absolute atomic E-state index is 10.3. The van der Waals surface area contributed by atoms with Gasteiger partial charge in [0, 0.05) is 12.1 Å². The van der Waals surface area contributed by atoms with Gasteiger partial charge >= 0.3 is 0 Å². The number of nitro groups is 1. The molecular formula is C8H5N2O3. The molecule has 5 heteroatoms. The van der Waals surface area contributed by atoms with E-state index in [1.807, 2.05) is 0 Å². The monoisotopic (exact) mass is 177 g/mol. The van der Waals surface area contributed by atoms with E-state index in [-0.39, 0.29) is 16.8 Å². The van der Waals surface area contributed by atoms with Crippen LogP contribution >= 0.6 is 0 Å². The molecule has 1 rings (SSSR count). The van der Waals surface area contributed by atoms with Gasteiger partial charge in [0.1, 0.15) is 6.61 Å². The molecule has 0 bridgehead atoms. The van der Waals surface area contributed by atoms with E-state index in [0.717, 1.165) is 6.07 Å². The smallest absolute Gasteiger partial charge is 0.271 e. The maximum atomic E-state index is 10.3. The third-order valence-corrected chi connectivity index (χ3v) is 1.43. The Bertz CT molecular complexity index is 381. The lowest BCUT2D eigenvalue weighted by Crippen LogP contribution is -1.91. The van der Waals surface area contributed by atoms with E-state index in [4.69, 9.17) is 10.4 Å². The van der Waals surface area contributed by atoms with Crippen LogP contribution in [-0.2, 0) is 0 Å². The summed E-state index contributed by atoms with van der Waals surface area (Å²) in [5.74, 6) is 0. The van der Waals surface area contributed by atoms with E-state index in [0.29, 0.717) is 6.61 Å². The van der Waals surface area contributed by atoms with Crippen molar-refractivity contribution >= 4 is 5.69 Å². The molecule has 0 aliphatic carbocycles. The molecule has 0 aliphatic rings. The quantitative estimate of drug-likeness (QED) is 0.545. The molecule has 0 saturated heterocycles. The summed E-state index contributed by atoms with van der Waals surface area (Å²) >= 11 is 0. The summed E-state index contributed by atoms with van der Waals surface area (Å²) in [7, 11) is 0. The average Bonchev–Trinajstić information content (AvgIpc) is 2.16. The minimum absolute atomic E-state index is 0.148. The number of nitriles is 1. The van der Waals surface area contributed by atoms with Crippen LogP contribution in [0.4, 0.5) is 5.69 Å². The van der Waals surface area contributed by atoms with Gasteiger partial charge in [-0.2, -0.15) is 5.26 Å². The summed E-state index contributed by atoms with van der Waals surface area (Å²) in [6.45, 7) is 0.716. The number of hydrogen-bond donors (Lipinski definition) is 1. The number of hydrogen-bond acceptors (Lipinski definition) is 4. The van der Waals surface area contributed by atoms with Crippen molar-refractivity contribution in [2.45, 2.75) is 0 Å². The first-order valence-electron chi connectivity index (χ1n) is 3.34. The molecule has 1 radical (unpaired) electrons. The summed E-state index contributed by atoms with van der Waals surface area (Å²) in [5.41, 5.74) is 0.180. The molecule has 0 aliphatic heterocycles. The van der Waals surface area contributed by atoms with E-state index in [1.165, 1.54) is 12.1 Å². The minimum Gasteiger partial charge on any atom is -0.385 e. The highest BCUT2D eigenvalue weighted by molar-refractivity contribution is 5.45. The number of non-ortho nitro benzene ring substituents is 1. The zero-order valence-corrected chi connectivity index (χ0v) is 6.47. The number of rotatable bonds is 2. The van der Waals surface area contributed by atoms with Crippen molar-refractivity contribution in [1.82, 2.24) is 0 Å². The molecule has 1 N–H and O–H groups in total. The van der Waals surface area contributed by atoms with Crippen LogP contribution < -0.4 is 0 Å². The summed E-state index contributed by atoms with van der Waals surface area (Å²) in [6, 6.07) is 5.44. The van der Waals surface area contributed by atoms with Crippen LogP contribution in [0.5, 0.6) is 0 Å².